The number of amides is 1. The lowest BCUT2D eigenvalue weighted by atomic mass is 10.00. The van der Waals surface area contributed by atoms with Crippen LogP contribution in [0.1, 0.15) is 46.1 Å². The molecule has 1 N–H and O–H groups in total. The normalized spacial score (nSPS) is 12.2. The second-order valence-electron chi connectivity index (χ2n) is 9.18. The summed E-state index contributed by atoms with van der Waals surface area (Å²) in [5.74, 6) is 0.312. The lowest BCUT2D eigenvalue weighted by Crippen LogP contribution is -2.45. The maximum Gasteiger partial charge on any atom is 0.408 e. The average Bonchev–Trinajstić information content (AvgIpc) is 2.79. The van der Waals surface area contributed by atoms with E-state index in [1.54, 1.807) is 46.9 Å². The fourth-order valence-electron chi connectivity index (χ4n) is 3.63. The van der Waals surface area contributed by atoms with E-state index < -0.39 is 29.3 Å². The molecule has 0 aliphatic rings. The van der Waals surface area contributed by atoms with Crippen molar-refractivity contribution in [2.75, 3.05) is 7.11 Å². The van der Waals surface area contributed by atoms with Crippen LogP contribution in [0.2, 0.25) is 0 Å². The van der Waals surface area contributed by atoms with Crippen LogP contribution in [-0.4, -0.2) is 30.8 Å². The summed E-state index contributed by atoms with van der Waals surface area (Å²) in [6, 6.07) is 11.3. The molecule has 0 aliphatic heterocycles. The van der Waals surface area contributed by atoms with Gasteiger partial charge in [-0.15, -0.1) is 0 Å². The van der Waals surface area contributed by atoms with Gasteiger partial charge in [0.05, 0.1) is 7.11 Å². The highest BCUT2D eigenvalue weighted by Gasteiger charge is 2.26. The predicted octanol–water partition coefficient (Wildman–Crippen LogP) is 5.38. The van der Waals surface area contributed by atoms with Crippen molar-refractivity contribution in [2.24, 2.45) is 0 Å². The van der Waals surface area contributed by atoms with Crippen molar-refractivity contribution >= 4 is 23.0 Å². The van der Waals surface area contributed by atoms with E-state index in [0.717, 1.165) is 5.56 Å². The minimum Gasteiger partial charge on any atom is -0.497 e. The molecule has 1 atom stereocenters. The molecule has 3 aromatic rings. The Morgan fingerprint density at radius 1 is 1.09 bits per heavy atom. The van der Waals surface area contributed by atoms with Crippen molar-refractivity contribution in [1.82, 2.24) is 5.32 Å². The molecular weight excluding hydrogens is 450 g/mol. The zero-order valence-corrected chi connectivity index (χ0v) is 20.9. The molecule has 8 heteroatoms. The van der Waals surface area contributed by atoms with Crippen LogP contribution in [0.3, 0.4) is 0 Å². The third-order valence-corrected chi connectivity index (χ3v) is 5.28. The summed E-state index contributed by atoms with van der Waals surface area (Å²) in [5, 5.41) is 3.28. The molecule has 1 aromatic heterocycles. The fourth-order valence-corrected chi connectivity index (χ4v) is 3.63. The molecule has 35 heavy (non-hydrogen) atoms. The van der Waals surface area contributed by atoms with Gasteiger partial charge in [0.1, 0.15) is 28.7 Å². The summed E-state index contributed by atoms with van der Waals surface area (Å²) in [7, 11) is 1.59. The monoisotopic (exact) mass is 481 g/mol. The summed E-state index contributed by atoms with van der Waals surface area (Å²) in [6.45, 7) is 8.83. The molecule has 1 amide bonds. The van der Waals surface area contributed by atoms with Crippen LogP contribution in [0.15, 0.2) is 51.7 Å². The van der Waals surface area contributed by atoms with Gasteiger partial charge in [-0.05, 0) is 69.5 Å². The molecule has 0 fully saturated rings. The van der Waals surface area contributed by atoms with Gasteiger partial charge in [-0.1, -0.05) is 25.5 Å². The van der Waals surface area contributed by atoms with Crippen molar-refractivity contribution in [1.29, 1.82) is 0 Å². The molecule has 0 bridgehead atoms. The highest BCUT2D eigenvalue weighted by molar-refractivity contribution is 5.96. The Bertz CT molecular complexity index is 1270. The van der Waals surface area contributed by atoms with Gasteiger partial charge in [0, 0.05) is 17.0 Å². The van der Waals surface area contributed by atoms with Crippen LogP contribution in [0.5, 0.6) is 11.5 Å². The number of rotatable bonds is 7. The number of aryl methyl sites for hydroxylation is 1. The number of carbonyl (C=O) groups is 2. The lowest BCUT2D eigenvalue weighted by Gasteiger charge is -2.23. The summed E-state index contributed by atoms with van der Waals surface area (Å²) in [4.78, 5) is 37.5. The van der Waals surface area contributed by atoms with Crippen LogP contribution >= 0.6 is 0 Å². The number of alkyl carbamates (subject to hydrolysis) is 1. The minimum atomic E-state index is -0.886. The van der Waals surface area contributed by atoms with E-state index in [0.29, 0.717) is 40.7 Å². The first-order valence-corrected chi connectivity index (χ1v) is 11.5. The molecule has 0 radical (unpaired) electrons. The summed E-state index contributed by atoms with van der Waals surface area (Å²) in [5.41, 5.74) is 1.11. The van der Waals surface area contributed by atoms with Crippen molar-refractivity contribution in [3.05, 3.63) is 58.4 Å². The lowest BCUT2D eigenvalue weighted by molar-refractivity contribution is -0.137. The number of fused-ring (bicyclic) bond motifs is 1. The maximum absolute atomic E-state index is 12.9. The van der Waals surface area contributed by atoms with Crippen LogP contribution in [-0.2, 0) is 9.53 Å². The van der Waals surface area contributed by atoms with E-state index >= 15 is 0 Å². The molecule has 1 heterocycles. The van der Waals surface area contributed by atoms with Gasteiger partial charge < -0.3 is 23.9 Å². The SMILES string of the molecule is CCC[C@@H](NC(=O)OC(C)(C)C)C(=O)Oc1ccc2c(-c3ccc(OC)cc3)cc(=O)oc2c1C. The highest BCUT2D eigenvalue weighted by Crippen LogP contribution is 2.34. The third-order valence-electron chi connectivity index (χ3n) is 5.28. The van der Waals surface area contributed by atoms with Gasteiger partial charge >= 0.3 is 17.7 Å². The van der Waals surface area contributed by atoms with E-state index in [4.69, 9.17) is 18.6 Å². The molecule has 0 saturated carbocycles. The molecule has 8 nitrogen and oxygen atoms in total. The van der Waals surface area contributed by atoms with E-state index in [1.807, 2.05) is 31.2 Å². The Morgan fingerprint density at radius 3 is 2.37 bits per heavy atom. The Kier molecular flexibility index (Phi) is 7.84. The Morgan fingerprint density at radius 2 is 1.77 bits per heavy atom. The van der Waals surface area contributed by atoms with Crippen LogP contribution in [0.4, 0.5) is 4.79 Å². The summed E-state index contributed by atoms with van der Waals surface area (Å²) >= 11 is 0. The zero-order valence-electron chi connectivity index (χ0n) is 20.9. The first-order chi connectivity index (χ1) is 16.5. The number of methoxy groups -OCH3 is 1. The number of benzene rings is 2. The second kappa shape index (κ2) is 10.6. The molecule has 0 saturated heterocycles. The third kappa shape index (κ3) is 6.41. The quantitative estimate of drug-likeness (QED) is 0.275. The average molecular weight is 482 g/mol. The predicted molar refractivity (Wildman–Crippen MR) is 133 cm³/mol. The van der Waals surface area contributed by atoms with Crippen molar-refractivity contribution in [3.8, 4) is 22.6 Å². The first-order valence-electron chi connectivity index (χ1n) is 11.5. The zero-order chi connectivity index (χ0) is 25.8. The summed E-state index contributed by atoms with van der Waals surface area (Å²) < 4.78 is 21.6. The van der Waals surface area contributed by atoms with Crippen molar-refractivity contribution in [3.63, 3.8) is 0 Å². The minimum absolute atomic E-state index is 0.240. The van der Waals surface area contributed by atoms with Crippen LogP contribution in [0, 0.1) is 6.92 Å². The number of nitrogens with one attached hydrogen (secondary N) is 1. The fraction of sp³-hybridized carbons (Fsp3) is 0.370. The largest absolute Gasteiger partial charge is 0.497 e. The van der Waals surface area contributed by atoms with Gasteiger partial charge in [0.15, 0.2) is 0 Å². The number of esters is 1. The Hall–Kier alpha value is -3.81. The number of ether oxygens (including phenoxy) is 3. The Labute approximate surface area is 204 Å². The van der Waals surface area contributed by atoms with E-state index in [1.165, 1.54) is 6.07 Å². The second-order valence-corrected chi connectivity index (χ2v) is 9.18. The van der Waals surface area contributed by atoms with Gasteiger partial charge in [-0.2, -0.15) is 0 Å². The van der Waals surface area contributed by atoms with Crippen LogP contribution in [0.25, 0.3) is 22.1 Å². The molecule has 0 spiro atoms. The van der Waals surface area contributed by atoms with Crippen molar-refractivity contribution < 1.29 is 28.2 Å². The number of hydrogen-bond donors (Lipinski definition) is 1. The standard InChI is InChI=1S/C27H31NO7/c1-7-8-21(28-26(31)35-27(3,4)5)25(30)33-22-14-13-19-20(15-23(29)34-24(19)16(22)2)17-9-11-18(32-6)12-10-17/h9-15,21H,7-8H2,1-6H3,(H,28,31)/t21-/m1/s1. The smallest absolute Gasteiger partial charge is 0.408 e. The molecule has 0 aliphatic carbocycles. The van der Waals surface area contributed by atoms with E-state index in [9.17, 15) is 14.4 Å². The van der Waals surface area contributed by atoms with Gasteiger partial charge in [-0.25, -0.2) is 14.4 Å². The number of hydrogen-bond acceptors (Lipinski definition) is 7. The molecular formula is C27H31NO7. The van der Waals surface area contributed by atoms with Gasteiger partial charge in [0.25, 0.3) is 0 Å². The maximum atomic E-state index is 12.9. The van der Waals surface area contributed by atoms with Crippen molar-refractivity contribution in [2.45, 2.75) is 59.1 Å². The molecule has 0 unspecified atom stereocenters. The first kappa shape index (κ1) is 25.8. The van der Waals surface area contributed by atoms with Gasteiger partial charge in [-0.3, -0.25) is 0 Å². The van der Waals surface area contributed by atoms with Gasteiger partial charge in [0.2, 0.25) is 0 Å². The topological polar surface area (TPSA) is 104 Å². The highest BCUT2D eigenvalue weighted by atomic mass is 16.6. The van der Waals surface area contributed by atoms with E-state index in [-0.39, 0.29) is 5.75 Å². The summed E-state index contributed by atoms with van der Waals surface area (Å²) in [6.07, 6.45) is 0.326. The van der Waals surface area contributed by atoms with Crippen LogP contribution < -0.4 is 20.4 Å². The Balaban J connectivity index is 1.91. The number of carbonyl (C=O) groups excluding carboxylic acids is 2. The molecule has 186 valence electrons. The van der Waals surface area contributed by atoms with E-state index in [2.05, 4.69) is 5.32 Å². The molecule has 2 aromatic carbocycles. The molecule has 3 rings (SSSR count).